The number of hydrogen-bond donors (Lipinski definition) is 1. The van der Waals surface area contributed by atoms with Gasteiger partial charge in [-0.25, -0.2) is 0 Å². The standard InChI is InChI=1S/C8H9N5O2S/c9-1-2-12-4-7(10-11-12)6-3-8(13(14)15)16-5-6/h3-5H,1-2,9H2. The highest BCUT2D eigenvalue weighted by atomic mass is 32.1. The van der Waals surface area contributed by atoms with Crippen molar-refractivity contribution in [3.05, 3.63) is 27.8 Å². The molecule has 2 N–H and O–H groups in total. The minimum Gasteiger partial charge on any atom is -0.329 e. The fourth-order valence-electron chi connectivity index (χ4n) is 1.23. The van der Waals surface area contributed by atoms with E-state index in [1.165, 1.54) is 6.07 Å². The molecule has 0 unspecified atom stereocenters. The first-order valence-corrected chi connectivity index (χ1v) is 5.42. The fraction of sp³-hybridized carbons (Fsp3) is 0.250. The van der Waals surface area contributed by atoms with E-state index < -0.39 is 4.92 Å². The van der Waals surface area contributed by atoms with Crippen molar-refractivity contribution < 1.29 is 4.92 Å². The van der Waals surface area contributed by atoms with Crippen LogP contribution in [0.4, 0.5) is 5.00 Å². The second-order valence-electron chi connectivity index (χ2n) is 3.09. The normalized spacial score (nSPS) is 10.6. The molecule has 0 saturated heterocycles. The van der Waals surface area contributed by atoms with E-state index in [2.05, 4.69) is 10.3 Å². The summed E-state index contributed by atoms with van der Waals surface area (Å²) in [4.78, 5) is 10.1. The molecule has 0 atom stereocenters. The first-order valence-electron chi connectivity index (χ1n) is 4.54. The van der Waals surface area contributed by atoms with E-state index >= 15 is 0 Å². The second-order valence-corrected chi connectivity index (χ2v) is 3.98. The molecule has 2 heterocycles. The van der Waals surface area contributed by atoms with Crippen molar-refractivity contribution in [2.75, 3.05) is 6.54 Å². The molecule has 0 radical (unpaired) electrons. The number of thiophene rings is 1. The number of nitrogens with zero attached hydrogens (tertiary/aromatic N) is 4. The van der Waals surface area contributed by atoms with Crippen LogP contribution in [-0.2, 0) is 6.54 Å². The first kappa shape index (κ1) is 10.7. The van der Waals surface area contributed by atoms with E-state index in [1.807, 2.05) is 0 Å². The van der Waals surface area contributed by atoms with Crippen LogP contribution in [0.2, 0.25) is 0 Å². The van der Waals surface area contributed by atoms with Gasteiger partial charge < -0.3 is 5.73 Å². The number of nitrogens with two attached hydrogens (primary N) is 1. The van der Waals surface area contributed by atoms with Crippen molar-refractivity contribution >= 4 is 16.3 Å². The van der Waals surface area contributed by atoms with E-state index in [0.29, 0.717) is 24.3 Å². The van der Waals surface area contributed by atoms with Crippen LogP contribution in [0, 0.1) is 10.1 Å². The van der Waals surface area contributed by atoms with Crippen LogP contribution in [0.25, 0.3) is 11.3 Å². The lowest BCUT2D eigenvalue weighted by atomic mass is 10.3. The lowest BCUT2D eigenvalue weighted by molar-refractivity contribution is -0.380. The van der Waals surface area contributed by atoms with Gasteiger partial charge in [-0.1, -0.05) is 16.6 Å². The van der Waals surface area contributed by atoms with Crippen LogP contribution in [0.3, 0.4) is 0 Å². The predicted molar refractivity (Wildman–Crippen MR) is 59.0 cm³/mol. The maximum absolute atomic E-state index is 10.5. The molecule has 0 aliphatic carbocycles. The Balaban J connectivity index is 2.24. The second kappa shape index (κ2) is 4.37. The van der Waals surface area contributed by atoms with Gasteiger partial charge in [0.25, 0.3) is 0 Å². The number of nitro groups is 1. The molecule has 0 amide bonds. The fourth-order valence-corrected chi connectivity index (χ4v) is 1.94. The van der Waals surface area contributed by atoms with Crippen molar-refractivity contribution in [2.24, 2.45) is 5.73 Å². The van der Waals surface area contributed by atoms with Gasteiger partial charge in [0.1, 0.15) is 5.69 Å². The highest BCUT2D eigenvalue weighted by Crippen LogP contribution is 2.28. The zero-order chi connectivity index (χ0) is 11.5. The summed E-state index contributed by atoms with van der Waals surface area (Å²) in [5.74, 6) is 0. The summed E-state index contributed by atoms with van der Waals surface area (Å²) in [7, 11) is 0. The van der Waals surface area contributed by atoms with E-state index in [9.17, 15) is 10.1 Å². The highest BCUT2D eigenvalue weighted by Gasteiger charge is 2.12. The van der Waals surface area contributed by atoms with Gasteiger partial charge in [-0.2, -0.15) is 0 Å². The van der Waals surface area contributed by atoms with E-state index in [4.69, 9.17) is 5.73 Å². The summed E-state index contributed by atoms with van der Waals surface area (Å²) in [6, 6.07) is 1.49. The van der Waals surface area contributed by atoms with Crippen LogP contribution >= 0.6 is 11.3 Å². The van der Waals surface area contributed by atoms with Crippen LogP contribution < -0.4 is 5.73 Å². The van der Waals surface area contributed by atoms with Gasteiger partial charge in [-0.3, -0.25) is 14.8 Å². The van der Waals surface area contributed by atoms with Crippen molar-refractivity contribution in [3.8, 4) is 11.3 Å². The Morgan fingerprint density at radius 3 is 3.06 bits per heavy atom. The Morgan fingerprint density at radius 2 is 2.44 bits per heavy atom. The largest absolute Gasteiger partial charge is 0.329 e. The zero-order valence-electron chi connectivity index (χ0n) is 8.24. The number of rotatable bonds is 4. The topological polar surface area (TPSA) is 99.9 Å². The first-order chi connectivity index (χ1) is 7.70. The van der Waals surface area contributed by atoms with Gasteiger partial charge in [-0.05, 0) is 0 Å². The zero-order valence-corrected chi connectivity index (χ0v) is 9.05. The van der Waals surface area contributed by atoms with Gasteiger partial charge >= 0.3 is 5.00 Å². The van der Waals surface area contributed by atoms with Gasteiger partial charge in [0.2, 0.25) is 0 Å². The maximum atomic E-state index is 10.5. The summed E-state index contributed by atoms with van der Waals surface area (Å²) in [5.41, 5.74) is 6.71. The lowest BCUT2D eigenvalue weighted by Gasteiger charge is -1.92. The van der Waals surface area contributed by atoms with Gasteiger partial charge in [0.15, 0.2) is 0 Å². The molecule has 0 aliphatic heterocycles. The van der Waals surface area contributed by atoms with Gasteiger partial charge in [0, 0.05) is 23.6 Å². The molecule has 0 fully saturated rings. The minimum absolute atomic E-state index is 0.100. The molecular weight excluding hydrogens is 230 g/mol. The molecule has 0 saturated carbocycles. The maximum Gasteiger partial charge on any atom is 0.324 e. The Bertz CT molecular complexity index is 506. The summed E-state index contributed by atoms with van der Waals surface area (Å²) >= 11 is 1.07. The average Bonchev–Trinajstić information content (AvgIpc) is 2.84. The van der Waals surface area contributed by atoms with Crippen LogP contribution in [0.1, 0.15) is 0 Å². The Morgan fingerprint density at radius 1 is 1.62 bits per heavy atom. The molecule has 0 spiro atoms. The summed E-state index contributed by atoms with van der Waals surface area (Å²) in [6.45, 7) is 1.06. The van der Waals surface area contributed by atoms with Crippen molar-refractivity contribution in [1.82, 2.24) is 15.0 Å². The lowest BCUT2D eigenvalue weighted by Crippen LogP contribution is -2.10. The van der Waals surface area contributed by atoms with Crippen LogP contribution in [0.5, 0.6) is 0 Å². The third-order valence-electron chi connectivity index (χ3n) is 1.96. The smallest absolute Gasteiger partial charge is 0.324 e. The molecule has 0 bridgehead atoms. The Kier molecular flexibility index (Phi) is 2.93. The number of aromatic nitrogens is 3. The van der Waals surface area contributed by atoms with Crippen molar-refractivity contribution in [1.29, 1.82) is 0 Å². The molecule has 16 heavy (non-hydrogen) atoms. The average molecular weight is 239 g/mol. The van der Waals surface area contributed by atoms with Crippen molar-refractivity contribution in [2.45, 2.75) is 6.54 Å². The third-order valence-corrected chi connectivity index (χ3v) is 2.84. The van der Waals surface area contributed by atoms with Gasteiger partial charge in [-0.15, -0.1) is 5.10 Å². The molecule has 2 aromatic rings. The predicted octanol–water partition coefficient (Wildman–Crippen LogP) is 0.873. The summed E-state index contributed by atoms with van der Waals surface area (Å²) in [6.07, 6.45) is 1.72. The summed E-state index contributed by atoms with van der Waals surface area (Å²) in [5, 5.41) is 20.1. The monoisotopic (exact) mass is 239 g/mol. The summed E-state index contributed by atoms with van der Waals surface area (Å²) < 4.78 is 1.61. The molecule has 0 aliphatic rings. The van der Waals surface area contributed by atoms with E-state index in [-0.39, 0.29) is 5.00 Å². The molecule has 84 valence electrons. The van der Waals surface area contributed by atoms with E-state index in [0.717, 1.165) is 11.3 Å². The van der Waals surface area contributed by atoms with Gasteiger partial charge in [0.05, 0.1) is 17.7 Å². The SMILES string of the molecule is NCCn1cc(-c2csc([N+](=O)[O-])c2)nn1. The van der Waals surface area contributed by atoms with Crippen molar-refractivity contribution in [3.63, 3.8) is 0 Å². The molecule has 2 rings (SSSR count). The molecule has 0 aromatic carbocycles. The van der Waals surface area contributed by atoms with Crippen LogP contribution in [-0.4, -0.2) is 26.5 Å². The number of hydrogen-bond acceptors (Lipinski definition) is 6. The molecule has 2 aromatic heterocycles. The quantitative estimate of drug-likeness (QED) is 0.630. The molecule has 7 nitrogen and oxygen atoms in total. The highest BCUT2D eigenvalue weighted by molar-refractivity contribution is 7.13. The molecular formula is C8H9N5O2S. The minimum atomic E-state index is -0.418. The molecule has 8 heteroatoms. The third kappa shape index (κ3) is 2.07. The Labute approximate surface area is 94.6 Å². The Hall–Kier alpha value is -1.80. The van der Waals surface area contributed by atoms with E-state index in [1.54, 1.807) is 16.3 Å². The van der Waals surface area contributed by atoms with Crippen LogP contribution in [0.15, 0.2) is 17.6 Å².